The largest absolute Gasteiger partial charge is 0.491 e. The quantitative estimate of drug-likeness (QED) is 0.430. The number of hydrogen-bond acceptors (Lipinski definition) is 3. The summed E-state index contributed by atoms with van der Waals surface area (Å²) in [5.74, 6) is -0.524. The summed E-state index contributed by atoms with van der Waals surface area (Å²) in [6, 6.07) is 6.71. The molecule has 0 fully saturated rings. The molecule has 0 atom stereocenters. The summed E-state index contributed by atoms with van der Waals surface area (Å²) in [6.45, 7) is 2.27. The normalized spacial score (nSPS) is 10.9. The number of unbranched alkanes of at least 4 members (excludes halogenated alkanes) is 6. The molecule has 0 aliphatic heterocycles. The van der Waals surface area contributed by atoms with Crippen molar-refractivity contribution in [3.05, 3.63) is 47.0 Å². The van der Waals surface area contributed by atoms with E-state index < -0.39 is 5.82 Å². The third-order valence-corrected chi connectivity index (χ3v) is 5.04. The minimum atomic E-state index is -0.441. The smallest absolute Gasteiger partial charge is 0.269 e. The monoisotopic (exact) mass is 421 g/mol. The summed E-state index contributed by atoms with van der Waals surface area (Å²) in [6.07, 6.45) is 7.45. The van der Waals surface area contributed by atoms with Crippen LogP contribution >= 0.6 is 0 Å². The third-order valence-electron chi connectivity index (χ3n) is 5.04. The zero-order valence-corrected chi connectivity index (χ0v) is 18.1. The van der Waals surface area contributed by atoms with Crippen molar-refractivity contribution in [2.45, 2.75) is 64.8 Å². The predicted molar refractivity (Wildman–Crippen MR) is 114 cm³/mol. The summed E-state index contributed by atoms with van der Waals surface area (Å²) in [5, 5.41) is 7.00. The molecule has 166 valence electrons. The van der Waals surface area contributed by atoms with E-state index in [-0.39, 0.29) is 24.9 Å². The molecule has 5 nitrogen and oxygen atoms in total. The molecule has 1 N–H and O–H groups in total. The molecule has 1 aromatic carbocycles. The maximum atomic E-state index is 14.7. The Morgan fingerprint density at radius 1 is 1.13 bits per heavy atom. The van der Waals surface area contributed by atoms with Gasteiger partial charge in [0.2, 0.25) is 0 Å². The van der Waals surface area contributed by atoms with Crippen molar-refractivity contribution in [2.75, 3.05) is 13.3 Å². The third kappa shape index (κ3) is 7.43. The van der Waals surface area contributed by atoms with Crippen LogP contribution in [0.25, 0.3) is 0 Å². The van der Waals surface area contributed by atoms with E-state index in [0.717, 1.165) is 50.6 Å². The van der Waals surface area contributed by atoms with Crippen LogP contribution in [0.15, 0.2) is 24.3 Å². The first-order valence-electron chi connectivity index (χ1n) is 10.8. The Kier molecular flexibility index (Phi) is 10.3. The van der Waals surface area contributed by atoms with Crippen LogP contribution < -0.4 is 10.1 Å². The number of alkyl halides is 1. The van der Waals surface area contributed by atoms with E-state index in [9.17, 15) is 13.6 Å². The van der Waals surface area contributed by atoms with Gasteiger partial charge in [0.15, 0.2) is 11.6 Å². The SMILES string of the molecule is CCc1cc(C(=O)NCc2cccc(OCCCCCCCCCF)c2F)n(C)n1. The number of aryl methyl sites for hydroxylation is 2. The number of rotatable bonds is 14. The van der Waals surface area contributed by atoms with Crippen LogP contribution in [0.1, 0.15) is 73.6 Å². The van der Waals surface area contributed by atoms with Crippen molar-refractivity contribution in [1.29, 1.82) is 0 Å². The van der Waals surface area contributed by atoms with Gasteiger partial charge in [0.1, 0.15) is 5.69 Å². The molecule has 2 aromatic rings. The van der Waals surface area contributed by atoms with Gasteiger partial charge in [-0.1, -0.05) is 51.2 Å². The molecule has 0 saturated heterocycles. The van der Waals surface area contributed by atoms with Crippen molar-refractivity contribution in [1.82, 2.24) is 15.1 Å². The molecule has 0 aliphatic carbocycles. The Bertz CT molecular complexity index is 793. The van der Waals surface area contributed by atoms with Crippen LogP contribution in [-0.2, 0) is 20.0 Å². The standard InChI is InChI=1S/C23H33F2N3O2/c1-3-19-16-20(28(2)27-19)23(29)26-17-18-12-11-13-21(22(18)25)30-15-10-8-6-4-5-7-9-14-24/h11-13,16H,3-10,14-15,17H2,1-2H3,(H,26,29). The van der Waals surface area contributed by atoms with E-state index >= 15 is 0 Å². The van der Waals surface area contributed by atoms with E-state index in [2.05, 4.69) is 10.4 Å². The Hall–Kier alpha value is -2.44. The van der Waals surface area contributed by atoms with E-state index in [0.29, 0.717) is 24.3 Å². The fourth-order valence-corrected chi connectivity index (χ4v) is 3.24. The molecule has 0 saturated carbocycles. The topological polar surface area (TPSA) is 56.1 Å². The number of aromatic nitrogens is 2. The van der Waals surface area contributed by atoms with Crippen molar-refractivity contribution in [2.24, 2.45) is 7.05 Å². The molecule has 30 heavy (non-hydrogen) atoms. The fraction of sp³-hybridized carbons (Fsp3) is 0.565. The van der Waals surface area contributed by atoms with Gasteiger partial charge < -0.3 is 10.1 Å². The number of carbonyl (C=O) groups excluding carboxylic acids is 1. The van der Waals surface area contributed by atoms with Gasteiger partial charge in [0.25, 0.3) is 5.91 Å². The molecule has 1 aromatic heterocycles. The van der Waals surface area contributed by atoms with E-state index in [1.807, 2.05) is 6.92 Å². The number of amides is 1. The molecule has 1 amide bonds. The second-order valence-electron chi connectivity index (χ2n) is 7.42. The number of nitrogens with one attached hydrogen (secondary N) is 1. The van der Waals surface area contributed by atoms with E-state index in [1.54, 1.807) is 31.3 Å². The number of hydrogen-bond donors (Lipinski definition) is 1. The summed E-state index contributed by atoms with van der Waals surface area (Å²) in [7, 11) is 1.72. The minimum Gasteiger partial charge on any atom is -0.491 e. The lowest BCUT2D eigenvalue weighted by molar-refractivity contribution is 0.0941. The lowest BCUT2D eigenvalue weighted by atomic mass is 10.1. The number of nitrogens with zero attached hydrogens (tertiary/aromatic N) is 2. The second-order valence-corrected chi connectivity index (χ2v) is 7.42. The van der Waals surface area contributed by atoms with Gasteiger partial charge >= 0.3 is 0 Å². The molecular weight excluding hydrogens is 388 g/mol. The summed E-state index contributed by atoms with van der Waals surface area (Å²) < 4.78 is 33.8. The Morgan fingerprint density at radius 2 is 1.83 bits per heavy atom. The van der Waals surface area contributed by atoms with Crippen LogP contribution in [0.5, 0.6) is 5.75 Å². The number of halogens is 2. The number of benzene rings is 1. The number of ether oxygens (including phenoxy) is 1. The highest BCUT2D eigenvalue weighted by Crippen LogP contribution is 2.21. The fourth-order valence-electron chi connectivity index (χ4n) is 3.24. The lowest BCUT2D eigenvalue weighted by Crippen LogP contribution is -2.25. The van der Waals surface area contributed by atoms with Gasteiger partial charge in [0, 0.05) is 19.2 Å². The van der Waals surface area contributed by atoms with E-state index in [4.69, 9.17) is 4.74 Å². The zero-order valence-electron chi connectivity index (χ0n) is 18.1. The zero-order chi connectivity index (χ0) is 21.8. The highest BCUT2D eigenvalue weighted by atomic mass is 19.1. The molecule has 0 bridgehead atoms. The van der Waals surface area contributed by atoms with E-state index in [1.165, 1.54) is 4.68 Å². The van der Waals surface area contributed by atoms with Gasteiger partial charge in [-0.15, -0.1) is 0 Å². The Labute approximate surface area is 177 Å². The maximum absolute atomic E-state index is 14.7. The Morgan fingerprint density at radius 3 is 2.50 bits per heavy atom. The van der Waals surface area contributed by atoms with Gasteiger partial charge in [-0.05, 0) is 31.4 Å². The first-order chi connectivity index (χ1) is 14.6. The predicted octanol–water partition coefficient (Wildman–Crippen LogP) is 5.13. The number of carbonyl (C=O) groups is 1. The highest BCUT2D eigenvalue weighted by Gasteiger charge is 2.14. The van der Waals surface area contributed by atoms with Crippen molar-refractivity contribution in [3.63, 3.8) is 0 Å². The maximum Gasteiger partial charge on any atom is 0.269 e. The first-order valence-corrected chi connectivity index (χ1v) is 10.8. The summed E-state index contributed by atoms with van der Waals surface area (Å²) in [5.41, 5.74) is 1.67. The molecular formula is C23H33F2N3O2. The second kappa shape index (κ2) is 13.0. The minimum absolute atomic E-state index is 0.0768. The molecule has 0 aliphatic rings. The average molecular weight is 422 g/mol. The summed E-state index contributed by atoms with van der Waals surface area (Å²) in [4.78, 5) is 12.4. The van der Waals surface area contributed by atoms with Gasteiger partial charge in [-0.3, -0.25) is 13.9 Å². The first kappa shape index (κ1) is 23.8. The Balaban J connectivity index is 1.76. The molecule has 1 heterocycles. The van der Waals surface area contributed by atoms with Gasteiger partial charge in [-0.2, -0.15) is 5.10 Å². The molecule has 2 rings (SSSR count). The van der Waals surface area contributed by atoms with Gasteiger partial charge in [-0.25, -0.2) is 4.39 Å². The van der Waals surface area contributed by atoms with Crippen LogP contribution in [0.4, 0.5) is 8.78 Å². The molecule has 0 unspecified atom stereocenters. The average Bonchev–Trinajstić information content (AvgIpc) is 3.13. The van der Waals surface area contributed by atoms with Crippen molar-refractivity contribution < 1.29 is 18.3 Å². The highest BCUT2D eigenvalue weighted by molar-refractivity contribution is 5.92. The molecule has 0 spiro atoms. The summed E-state index contributed by atoms with van der Waals surface area (Å²) >= 11 is 0. The van der Waals surface area contributed by atoms with Crippen molar-refractivity contribution >= 4 is 5.91 Å². The van der Waals surface area contributed by atoms with Gasteiger partial charge in [0.05, 0.1) is 19.0 Å². The molecule has 7 heteroatoms. The van der Waals surface area contributed by atoms with Crippen LogP contribution in [0.2, 0.25) is 0 Å². The van der Waals surface area contributed by atoms with Crippen LogP contribution in [0, 0.1) is 5.82 Å². The van der Waals surface area contributed by atoms with Crippen molar-refractivity contribution in [3.8, 4) is 5.75 Å². The lowest BCUT2D eigenvalue weighted by Gasteiger charge is -2.11. The van der Waals surface area contributed by atoms with Crippen LogP contribution in [0.3, 0.4) is 0 Å². The van der Waals surface area contributed by atoms with Crippen LogP contribution in [-0.4, -0.2) is 29.0 Å². The molecule has 0 radical (unpaired) electrons.